The number of carbonyl (C=O) groups excluding carboxylic acids is 1. The highest BCUT2D eigenvalue weighted by Crippen LogP contribution is 2.29. The largest absolute Gasteiger partial charge is 0.497 e. The van der Waals surface area contributed by atoms with Crippen molar-refractivity contribution in [2.24, 2.45) is 0 Å². The van der Waals surface area contributed by atoms with Crippen LogP contribution in [0.15, 0.2) is 28.2 Å². The monoisotopic (exact) mass is 336 g/mol. The molecule has 1 aromatic heterocycles. The average molecular weight is 336 g/mol. The summed E-state index contributed by atoms with van der Waals surface area (Å²) >= 11 is 1.08. The van der Waals surface area contributed by atoms with Gasteiger partial charge in [0, 0.05) is 6.07 Å². The number of carbonyl (C=O) groups is 1. The molecule has 1 aromatic carbocycles. The van der Waals surface area contributed by atoms with E-state index >= 15 is 0 Å². The number of nitrogens with one attached hydrogen (secondary N) is 2. The molecule has 0 fully saturated rings. The van der Waals surface area contributed by atoms with Gasteiger partial charge in [-0.1, -0.05) is 11.8 Å². The van der Waals surface area contributed by atoms with Crippen LogP contribution >= 0.6 is 11.8 Å². The van der Waals surface area contributed by atoms with Crippen molar-refractivity contribution in [2.75, 3.05) is 25.3 Å². The Labute approximate surface area is 136 Å². The van der Waals surface area contributed by atoms with Gasteiger partial charge in [-0.15, -0.1) is 10.2 Å². The molecule has 122 valence electrons. The molecule has 0 aliphatic carbocycles. The minimum Gasteiger partial charge on any atom is -0.497 e. The Morgan fingerprint density at radius 1 is 1.30 bits per heavy atom. The third-order valence-electron chi connectivity index (χ3n) is 2.86. The molecule has 0 atom stereocenters. The van der Waals surface area contributed by atoms with Crippen LogP contribution in [-0.2, 0) is 4.79 Å². The van der Waals surface area contributed by atoms with Gasteiger partial charge < -0.3 is 14.8 Å². The van der Waals surface area contributed by atoms with Gasteiger partial charge in [0.15, 0.2) is 5.16 Å². The lowest BCUT2D eigenvalue weighted by Crippen LogP contribution is -2.17. The van der Waals surface area contributed by atoms with Crippen molar-refractivity contribution in [3.05, 3.63) is 34.2 Å². The van der Waals surface area contributed by atoms with Crippen LogP contribution in [-0.4, -0.2) is 41.1 Å². The zero-order valence-electron chi connectivity index (χ0n) is 12.9. The Kier molecular flexibility index (Phi) is 5.58. The van der Waals surface area contributed by atoms with Crippen LogP contribution in [0.3, 0.4) is 0 Å². The molecule has 9 heteroatoms. The van der Waals surface area contributed by atoms with Gasteiger partial charge in [0.05, 0.1) is 25.7 Å². The van der Waals surface area contributed by atoms with Crippen molar-refractivity contribution in [2.45, 2.75) is 12.1 Å². The quantitative estimate of drug-likeness (QED) is 0.764. The van der Waals surface area contributed by atoms with E-state index in [9.17, 15) is 9.59 Å². The van der Waals surface area contributed by atoms with Gasteiger partial charge in [-0.25, -0.2) is 0 Å². The van der Waals surface area contributed by atoms with Crippen LogP contribution < -0.4 is 20.3 Å². The summed E-state index contributed by atoms with van der Waals surface area (Å²) in [4.78, 5) is 26.0. The predicted octanol–water partition coefficient (Wildman–Crippen LogP) is 1.22. The maximum atomic E-state index is 12.0. The molecule has 0 radical (unpaired) electrons. The molecule has 0 aliphatic heterocycles. The number of methoxy groups -OCH3 is 2. The second kappa shape index (κ2) is 7.63. The highest BCUT2D eigenvalue weighted by Gasteiger charge is 2.11. The number of benzene rings is 1. The number of hydrogen-bond donors (Lipinski definition) is 2. The fraction of sp³-hybridized carbons (Fsp3) is 0.286. The van der Waals surface area contributed by atoms with Gasteiger partial charge in [-0.3, -0.25) is 14.6 Å². The topological polar surface area (TPSA) is 106 Å². The smallest absolute Gasteiger partial charge is 0.273 e. The molecule has 0 bridgehead atoms. The molecule has 23 heavy (non-hydrogen) atoms. The fourth-order valence-corrected chi connectivity index (χ4v) is 2.28. The van der Waals surface area contributed by atoms with E-state index in [2.05, 4.69) is 20.5 Å². The van der Waals surface area contributed by atoms with E-state index in [-0.39, 0.29) is 28.1 Å². The summed E-state index contributed by atoms with van der Waals surface area (Å²) in [6.07, 6.45) is 0. The lowest BCUT2D eigenvalue weighted by atomic mass is 10.2. The standard InChI is InChI=1S/C14H16N4O4S/c1-8-13(20)16-14(18-17-8)23-7-12(19)15-10-6-9(21-2)4-5-11(10)22-3/h4-6H,7H2,1-3H3,(H,15,19)(H,16,18,20). The number of aromatic amines is 1. The first-order chi connectivity index (χ1) is 11.0. The summed E-state index contributed by atoms with van der Waals surface area (Å²) in [7, 11) is 3.05. The molecule has 0 spiro atoms. The van der Waals surface area contributed by atoms with E-state index in [0.29, 0.717) is 17.2 Å². The first-order valence-corrected chi connectivity index (χ1v) is 7.60. The molecular weight excluding hydrogens is 320 g/mol. The van der Waals surface area contributed by atoms with Gasteiger partial charge >= 0.3 is 0 Å². The highest BCUT2D eigenvalue weighted by molar-refractivity contribution is 7.99. The van der Waals surface area contributed by atoms with E-state index in [1.807, 2.05) is 0 Å². The molecule has 1 heterocycles. The first-order valence-electron chi connectivity index (χ1n) is 6.61. The summed E-state index contributed by atoms with van der Waals surface area (Å²) in [6, 6.07) is 5.09. The summed E-state index contributed by atoms with van der Waals surface area (Å²) in [5.41, 5.74) is 0.457. The summed E-state index contributed by atoms with van der Waals surface area (Å²) in [6.45, 7) is 1.56. The molecule has 2 N–H and O–H groups in total. The molecular formula is C14H16N4O4S. The molecule has 2 rings (SSSR count). The minimum absolute atomic E-state index is 0.0635. The second-order valence-corrected chi connectivity index (χ2v) is 5.41. The number of hydrogen-bond acceptors (Lipinski definition) is 7. The fourth-order valence-electron chi connectivity index (χ4n) is 1.68. The van der Waals surface area contributed by atoms with Crippen molar-refractivity contribution in [3.8, 4) is 11.5 Å². The molecule has 8 nitrogen and oxygen atoms in total. The molecule has 1 amide bonds. The molecule has 2 aromatic rings. The van der Waals surface area contributed by atoms with E-state index in [4.69, 9.17) is 9.47 Å². The first kappa shape index (κ1) is 16.8. The third-order valence-corrected chi connectivity index (χ3v) is 3.72. The number of ether oxygens (including phenoxy) is 2. The predicted molar refractivity (Wildman–Crippen MR) is 86.3 cm³/mol. The summed E-state index contributed by atoms with van der Waals surface area (Å²) in [5.74, 6) is 0.911. The number of nitrogens with zero attached hydrogens (tertiary/aromatic N) is 2. The number of aryl methyl sites for hydroxylation is 1. The zero-order chi connectivity index (χ0) is 16.8. The Hall–Kier alpha value is -2.55. The maximum Gasteiger partial charge on any atom is 0.273 e. The zero-order valence-corrected chi connectivity index (χ0v) is 13.7. The van der Waals surface area contributed by atoms with Crippen molar-refractivity contribution in [1.82, 2.24) is 15.2 Å². The number of amides is 1. The van der Waals surface area contributed by atoms with Crippen molar-refractivity contribution in [3.63, 3.8) is 0 Å². The van der Waals surface area contributed by atoms with Crippen molar-refractivity contribution in [1.29, 1.82) is 0 Å². The number of anilines is 1. The van der Waals surface area contributed by atoms with Crippen molar-refractivity contribution >= 4 is 23.4 Å². The normalized spacial score (nSPS) is 10.2. The van der Waals surface area contributed by atoms with Crippen LogP contribution in [0, 0.1) is 6.92 Å². The minimum atomic E-state index is -0.322. The number of aromatic nitrogens is 3. The van der Waals surface area contributed by atoms with E-state index in [1.54, 1.807) is 25.1 Å². The Bertz CT molecular complexity index is 763. The lowest BCUT2D eigenvalue weighted by Gasteiger charge is -2.11. The second-order valence-electron chi connectivity index (χ2n) is 4.45. The van der Waals surface area contributed by atoms with Crippen LogP contribution in [0.2, 0.25) is 0 Å². The molecule has 0 aliphatic rings. The Balaban J connectivity index is 2.01. The van der Waals surface area contributed by atoms with E-state index in [1.165, 1.54) is 14.2 Å². The SMILES string of the molecule is COc1ccc(OC)c(NC(=O)CSc2nnc(C)c(=O)[nH]2)c1. The number of thioether (sulfide) groups is 1. The lowest BCUT2D eigenvalue weighted by molar-refractivity contribution is -0.113. The summed E-state index contributed by atoms with van der Waals surface area (Å²) in [5, 5.41) is 10.5. The van der Waals surface area contributed by atoms with E-state index < -0.39 is 0 Å². The van der Waals surface area contributed by atoms with Gasteiger partial charge in [0.25, 0.3) is 5.56 Å². The Morgan fingerprint density at radius 2 is 2.09 bits per heavy atom. The van der Waals surface area contributed by atoms with Gasteiger partial charge in [0.2, 0.25) is 5.91 Å². The van der Waals surface area contributed by atoms with Gasteiger partial charge in [0.1, 0.15) is 17.2 Å². The molecule has 0 unspecified atom stereocenters. The third kappa shape index (κ3) is 4.46. The van der Waals surface area contributed by atoms with Gasteiger partial charge in [-0.2, -0.15) is 0 Å². The summed E-state index contributed by atoms with van der Waals surface area (Å²) < 4.78 is 10.3. The molecule has 0 saturated heterocycles. The highest BCUT2D eigenvalue weighted by atomic mass is 32.2. The van der Waals surface area contributed by atoms with E-state index in [0.717, 1.165) is 11.8 Å². The van der Waals surface area contributed by atoms with Gasteiger partial charge in [-0.05, 0) is 19.1 Å². The maximum absolute atomic E-state index is 12.0. The number of H-pyrrole nitrogens is 1. The molecule has 0 saturated carbocycles. The van der Waals surface area contributed by atoms with Crippen LogP contribution in [0.4, 0.5) is 5.69 Å². The average Bonchev–Trinajstić information content (AvgIpc) is 2.55. The van der Waals surface area contributed by atoms with Crippen LogP contribution in [0.1, 0.15) is 5.69 Å². The number of rotatable bonds is 6. The van der Waals surface area contributed by atoms with Crippen molar-refractivity contribution < 1.29 is 14.3 Å². The Morgan fingerprint density at radius 3 is 2.74 bits per heavy atom. The van der Waals surface area contributed by atoms with Crippen LogP contribution in [0.25, 0.3) is 0 Å². The van der Waals surface area contributed by atoms with Crippen LogP contribution in [0.5, 0.6) is 11.5 Å².